The van der Waals surface area contributed by atoms with E-state index in [1.54, 1.807) is 12.1 Å². The van der Waals surface area contributed by atoms with Crippen molar-refractivity contribution in [3.05, 3.63) is 71.2 Å². The summed E-state index contributed by atoms with van der Waals surface area (Å²) >= 11 is 0. The Kier molecular flexibility index (Phi) is 3.99. The first kappa shape index (κ1) is 14.8. The average Bonchev–Trinajstić information content (AvgIpc) is 2.91. The van der Waals surface area contributed by atoms with Gasteiger partial charge in [-0.2, -0.15) is 0 Å². The second-order valence-corrected chi connectivity index (χ2v) is 5.90. The molecular formula is C19H21FN2. The van der Waals surface area contributed by atoms with E-state index in [9.17, 15) is 4.39 Å². The van der Waals surface area contributed by atoms with Crippen LogP contribution in [0.25, 0.3) is 10.9 Å². The van der Waals surface area contributed by atoms with Gasteiger partial charge in [0.25, 0.3) is 0 Å². The van der Waals surface area contributed by atoms with E-state index in [0.29, 0.717) is 0 Å². The van der Waals surface area contributed by atoms with Crippen LogP contribution in [0.15, 0.2) is 48.7 Å². The number of nitrogens with zero attached hydrogens (tertiary/aromatic N) is 1. The van der Waals surface area contributed by atoms with E-state index >= 15 is 0 Å². The van der Waals surface area contributed by atoms with Crippen LogP contribution in [0.2, 0.25) is 0 Å². The van der Waals surface area contributed by atoms with Crippen molar-refractivity contribution >= 4 is 10.9 Å². The number of aryl methyl sites for hydroxylation is 1. The zero-order chi connectivity index (χ0) is 15.7. The van der Waals surface area contributed by atoms with Gasteiger partial charge < -0.3 is 4.98 Å². The summed E-state index contributed by atoms with van der Waals surface area (Å²) in [5.41, 5.74) is 4.61. The Balaban J connectivity index is 2.11. The van der Waals surface area contributed by atoms with E-state index in [4.69, 9.17) is 0 Å². The van der Waals surface area contributed by atoms with E-state index in [1.165, 1.54) is 17.2 Å². The van der Waals surface area contributed by atoms with Gasteiger partial charge in [0.05, 0.1) is 6.04 Å². The lowest BCUT2D eigenvalue weighted by molar-refractivity contribution is 0.344. The number of hydrogen-bond donors (Lipinski definition) is 1. The molecule has 0 radical (unpaired) electrons. The molecule has 0 bridgehead atoms. The van der Waals surface area contributed by atoms with Crippen LogP contribution in [0, 0.1) is 5.82 Å². The van der Waals surface area contributed by atoms with Gasteiger partial charge in [0.1, 0.15) is 5.82 Å². The van der Waals surface area contributed by atoms with E-state index in [-0.39, 0.29) is 11.9 Å². The average molecular weight is 296 g/mol. The molecule has 0 aliphatic heterocycles. The third kappa shape index (κ3) is 2.64. The summed E-state index contributed by atoms with van der Waals surface area (Å²) in [7, 11) is 4.10. The quantitative estimate of drug-likeness (QED) is 0.750. The number of aromatic nitrogens is 1. The maximum Gasteiger partial charge on any atom is 0.123 e. The molecule has 0 aliphatic carbocycles. The SMILES string of the molecule is CCc1ccc(C(c2c[nH]c3ccc(F)cc23)N(C)C)cc1. The Labute approximate surface area is 130 Å². The summed E-state index contributed by atoms with van der Waals surface area (Å²) in [6, 6.07) is 13.7. The Morgan fingerprint density at radius 1 is 1.09 bits per heavy atom. The highest BCUT2D eigenvalue weighted by Gasteiger charge is 2.20. The molecule has 2 nitrogen and oxygen atoms in total. The van der Waals surface area contributed by atoms with E-state index in [1.807, 2.05) is 6.20 Å². The fourth-order valence-corrected chi connectivity index (χ4v) is 3.03. The molecule has 3 aromatic rings. The van der Waals surface area contributed by atoms with Crippen molar-refractivity contribution in [2.45, 2.75) is 19.4 Å². The van der Waals surface area contributed by atoms with Gasteiger partial charge in [0.15, 0.2) is 0 Å². The molecule has 1 N–H and O–H groups in total. The van der Waals surface area contributed by atoms with Crippen LogP contribution >= 0.6 is 0 Å². The second-order valence-electron chi connectivity index (χ2n) is 5.90. The van der Waals surface area contributed by atoms with Crippen molar-refractivity contribution in [1.82, 2.24) is 9.88 Å². The molecule has 0 fully saturated rings. The van der Waals surface area contributed by atoms with Gasteiger partial charge in [-0.25, -0.2) is 4.39 Å². The smallest absolute Gasteiger partial charge is 0.123 e. The molecule has 2 aromatic carbocycles. The van der Waals surface area contributed by atoms with Gasteiger partial charge in [0.2, 0.25) is 0 Å². The largest absolute Gasteiger partial charge is 0.361 e. The number of aromatic amines is 1. The fraction of sp³-hybridized carbons (Fsp3) is 0.263. The number of rotatable bonds is 4. The summed E-state index contributed by atoms with van der Waals surface area (Å²) in [5.74, 6) is -0.202. The third-order valence-electron chi connectivity index (χ3n) is 4.19. The molecule has 22 heavy (non-hydrogen) atoms. The lowest BCUT2D eigenvalue weighted by atomic mass is 9.96. The zero-order valence-corrected chi connectivity index (χ0v) is 13.2. The molecule has 1 unspecified atom stereocenters. The lowest BCUT2D eigenvalue weighted by Gasteiger charge is -2.25. The van der Waals surface area contributed by atoms with Crippen LogP contribution in [-0.2, 0) is 6.42 Å². The predicted molar refractivity (Wildman–Crippen MR) is 89.6 cm³/mol. The Hall–Kier alpha value is -2.13. The van der Waals surface area contributed by atoms with E-state index in [0.717, 1.165) is 22.9 Å². The van der Waals surface area contributed by atoms with Crippen molar-refractivity contribution in [1.29, 1.82) is 0 Å². The maximum absolute atomic E-state index is 13.6. The van der Waals surface area contributed by atoms with Gasteiger partial charge in [-0.05, 0) is 55.4 Å². The molecular weight excluding hydrogens is 275 g/mol. The van der Waals surface area contributed by atoms with Crippen LogP contribution < -0.4 is 0 Å². The molecule has 0 saturated carbocycles. The van der Waals surface area contributed by atoms with Crippen LogP contribution in [0.5, 0.6) is 0 Å². The summed E-state index contributed by atoms with van der Waals surface area (Å²) in [5, 5.41) is 0.943. The van der Waals surface area contributed by atoms with Gasteiger partial charge in [-0.3, -0.25) is 4.90 Å². The molecule has 3 rings (SSSR count). The normalized spacial score (nSPS) is 13.0. The first-order valence-electron chi connectivity index (χ1n) is 7.62. The summed E-state index contributed by atoms with van der Waals surface area (Å²) in [4.78, 5) is 5.41. The first-order chi connectivity index (χ1) is 10.6. The molecule has 3 heteroatoms. The van der Waals surface area contributed by atoms with Crippen LogP contribution in [0.3, 0.4) is 0 Å². The summed E-state index contributed by atoms with van der Waals surface area (Å²) in [6.45, 7) is 2.15. The second kappa shape index (κ2) is 5.93. The summed E-state index contributed by atoms with van der Waals surface area (Å²) in [6.07, 6.45) is 3.02. The minimum Gasteiger partial charge on any atom is -0.361 e. The molecule has 114 valence electrons. The topological polar surface area (TPSA) is 19.0 Å². The zero-order valence-electron chi connectivity index (χ0n) is 13.2. The van der Waals surface area contributed by atoms with Crippen molar-refractivity contribution in [2.24, 2.45) is 0 Å². The predicted octanol–water partition coefficient (Wildman–Crippen LogP) is 4.52. The number of fused-ring (bicyclic) bond motifs is 1. The van der Waals surface area contributed by atoms with Crippen molar-refractivity contribution in [3.8, 4) is 0 Å². The molecule has 0 saturated heterocycles. The molecule has 1 heterocycles. The van der Waals surface area contributed by atoms with Crippen LogP contribution in [-0.4, -0.2) is 24.0 Å². The highest BCUT2D eigenvalue weighted by molar-refractivity contribution is 5.84. The van der Waals surface area contributed by atoms with E-state index < -0.39 is 0 Å². The van der Waals surface area contributed by atoms with Crippen LogP contribution in [0.4, 0.5) is 4.39 Å². The monoisotopic (exact) mass is 296 g/mol. The minimum atomic E-state index is -0.202. The van der Waals surface area contributed by atoms with Gasteiger partial charge >= 0.3 is 0 Å². The third-order valence-corrected chi connectivity index (χ3v) is 4.19. The number of hydrogen-bond acceptors (Lipinski definition) is 1. The molecule has 0 amide bonds. The highest BCUT2D eigenvalue weighted by Crippen LogP contribution is 2.32. The molecule has 1 atom stereocenters. The van der Waals surface area contributed by atoms with Gasteiger partial charge in [-0.1, -0.05) is 31.2 Å². The maximum atomic E-state index is 13.6. The molecule has 0 spiro atoms. The molecule has 0 aliphatic rings. The van der Waals surface area contributed by atoms with Crippen LogP contribution in [0.1, 0.15) is 29.7 Å². The highest BCUT2D eigenvalue weighted by atomic mass is 19.1. The fourth-order valence-electron chi connectivity index (χ4n) is 3.03. The van der Waals surface area contributed by atoms with Gasteiger partial charge in [-0.15, -0.1) is 0 Å². The Morgan fingerprint density at radius 2 is 1.82 bits per heavy atom. The Bertz CT molecular complexity index is 772. The Morgan fingerprint density at radius 3 is 2.45 bits per heavy atom. The van der Waals surface area contributed by atoms with Crippen molar-refractivity contribution < 1.29 is 4.39 Å². The first-order valence-corrected chi connectivity index (χ1v) is 7.62. The molecule has 1 aromatic heterocycles. The minimum absolute atomic E-state index is 0.0986. The van der Waals surface area contributed by atoms with Crippen molar-refractivity contribution in [3.63, 3.8) is 0 Å². The number of benzene rings is 2. The number of halogens is 1. The number of H-pyrrole nitrogens is 1. The van der Waals surface area contributed by atoms with Gasteiger partial charge in [0, 0.05) is 17.1 Å². The lowest BCUT2D eigenvalue weighted by Crippen LogP contribution is -2.20. The van der Waals surface area contributed by atoms with E-state index in [2.05, 4.69) is 55.2 Å². The standard InChI is InChI=1S/C19H21FN2/c1-4-13-5-7-14(8-6-13)19(22(2)3)17-12-21-18-10-9-15(20)11-16(17)18/h5-12,19,21H,4H2,1-3H3. The number of nitrogens with one attached hydrogen (secondary N) is 1. The summed E-state index contributed by atoms with van der Waals surface area (Å²) < 4.78 is 13.6. The van der Waals surface area contributed by atoms with Crippen molar-refractivity contribution in [2.75, 3.05) is 14.1 Å².